The van der Waals surface area contributed by atoms with Crippen molar-refractivity contribution >= 4 is 16.9 Å². The third-order valence-corrected chi connectivity index (χ3v) is 3.47. The molecule has 4 atom stereocenters. The summed E-state index contributed by atoms with van der Waals surface area (Å²) in [5.41, 5.74) is 0.160. The Labute approximate surface area is 134 Å². The van der Waals surface area contributed by atoms with Gasteiger partial charge < -0.3 is 30.7 Å². The molecule has 0 fully saturated rings. The van der Waals surface area contributed by atoms with E-state index < -0.39 is 48.5 Å². The monoisotopic (exact) mass is 345 g/mol. The Morgan fingerprint density at radius 1 is 1.25 bits per heavy atom. The van der Waals surface area contributed by atoms with Gasteiger partial charge in [-0.25, -0.2) is 13.8 Å². The van der Waals surface area contributed by atoms with Crippen molar-refractivity contribution in [3.8, 4) is 0 Å². The van der Waals surface area contributed by atoms with Crippen LogP contribution in [0.15, 0.2) is 12.1 Å². The Morgan fingerprint density at radius 2 is 1.88 bits per heavy atom. The van der Waals surface area contributed by atoms with E-state index in [1.807, 2.05) is 0 Å². The normalized spacial score (nSPS) is 16.6. The maximum absolute atomic E-state index is 13.3. The van der Waals surface area contributed by atoms with Crippen LogP contribution in [0.4, 0.5) is 8.78 Å². The summed E-state index contributed by atoms with van der Waals surface area (Å²) in [7, 11) is 0. The summed E-state index contributed by atoms with van der Waals surface area (Å²) < 4.78 is 26.5. The number of amides is 1. The molecule has 1 aromatic heterocycles. The molecular weight excluding hydrogens is 328 g/mol. The van der Waals surface area contributed by atoms with Crippen LogP contribution in [-0.4, -0.2) is 61.2 Å². The molecule has 0 aliphatic heterocycles. The molecule has 1 amide bonds. The lowest BCUT2D eigenvalue weighted by Gasteiger charge is -2.28. The van der Waals surface area contributed by atoms with Crippen molar-refractivity contribution in [1.82, 2.24) is 15.3 Å². The van der Waals surface area contributed by atoms with E-state index in [0.29, 0.717) is 0 Å². The van der Waals surface area contributed by atoms with E-state index in [4.69, 9.17) is 5.11 Å². The van der Waals surface area contributed by atoms with Gasteiger partial charge in [-0.3, -0.25) is 4.79 Å². The number of nitrogens with zero attached hydrogens (tertiary/aromatic N) is 1. The fourth-order valence-electron chi connectivity index (χ4n) is 2.24. The Kier molecular flexibility index (Phi) is 5.44. The summed E-state index contributed by atoms with van der Waals surface area (Å²) in [6.07, 6.45) is -5.20. The molecule has 0 saturated carbocycles. The minimum atomic E-state index is -1.80. The molecule has 8 nitrogen and oxygen atoms in total. The number of halogens is 2. The van der Waals surface area contributed by atoms with Crippen molar-refractivity contribution < 1.29 is 34.0 Å². The molecule has 0 bridgehead atoms. The van der Waals surface area contributed by atoms with Gasteiger partial charge in [-0.2, -0.15) is 0 Å². The van der Waals surface area contributed by atoms with E-state index in [-0.39, 0.29) is 16.9 Å². The van der Waals surface area contributed by atoms with Gasteiger partial charge in [0.05, 0.1) is 17.6 Å². The van der Waals surface area contributed by atoms with Crippen molar-refractivity contribution in [1.29, 1.82) is 0 Å². The molecule has 6 N–H and O–H groups in total. The summed E-state index contributed by atoms with van der Waals surface area (Å²) in [6, 6.07) is 0.385. The highest BCUT2D eigenvalue weighted by atomic mass is 19.2. The molecule has 0 spiro atoms. The zero-order valence-electron chi connectivity index (χ0n) is 12.6. The van der Waals surface area contributed by atoms with Crippen LogP contribution in [-0.2, 0) is 4.79 Å². The molecule has 10 heteroatoms. The van der Waals surface area contributed by atoms with Gasteiger partial charge in [0.1, 0.15) is 30.2 Å². The van der Waals surface area contributed by atoms with Crippen LogP contribution in [0.3, 0.4) is 0 Å². The topological polar surface area (TPSA) is 139 Å². The summed E-state index contributed by atoms with van der Waals surface area (Å²) in [5.74, 6) is -2.89. The van der Waals surface area contributed by atoms with E-state index in [2.05, 4.69) is 15.3 Å². The number of aromatic amines is 1. The van der Waals surface area contributed by atoms with Gasteiger partial charge in [-0.15, -0.1) is 0 Å². The fraction of sp³-hybridized carbons (Fsp3) is 0.429. The number of benzene rings is 1. The van der Waals surface area contributed by atoms with Crippen LogP contribution >= 0.6 is 0 Å². The third-order valence-electron chi connectivity index (χ3n) is 3.47. The van der Waals surface area contributed by atoms with Gasteiger partial charge in [0.2, 0.25) is 5.91 Å². The van der Waals surface area contributed by atoms with Crippen molar-refractivity contribution in [2.45, 2.75) is 31.3 Å². The molecule has 3 unspecified atom stereocenters. The summed E-state index contributed by atoms with van der Waals surface area (Å²) in [4.78, 5) is 17.9. The largest absolute Gasteiger partial charge is 0.394 e. The number of carbonyl (C=O) groups is 1. The van der Waals surface area contributed by atoms with Crippen LogP contribution < -0.4 is 5.32 Å². The van der Waals surface area contributed by atoms with Gasteiger partial charge >= 0.3 is 0 Å². The first-order valence-electron chi connectivity index (χ1n) is 7.01. The molecular formula is C14H17F2N3O5. The highest BCUT2D eigenvalue weighted by Gasteiger charge is 2.34. The van der Waals surface area contributed by atoms with Crippen molar-refractivity contribution in [3.63, 3.8) is 0 Å². The Bertz CT molecular complexity index is 700. The predicted octanol–water partition coefficient (Wildman–Crippen LogP) is -0.907. The van der Waals surface area contributed by atoms with Crippen LogP contribution in [0.2, 0.25) is 0 Å². The van der Waals surface area contributed by atoms with Crippen LogP contribution in [0, 0.1) is 11.6 Å². The Balaban J connectivity index is 2.42. The Morgan fingerprint density at radius 3 is 2.46 bits per heavy atom. The molecule has 0 radical (unpaired) electrons. The first-order chi connectivity index (χ1) is 11.2. The first kappa shape index (κ1) is 18.2. The molecule has 1 aromatic carbocycles. The number of aliphatic hydroxyl groups excluding tert-OH is 4. The number of nitrogens with one attached hydrogen (secondary N) is 2. The zero-order chi connectivity index (χ0) is 18.0. The predicted molar refractivity (Wildman–Crippen MR) is 77.7 cm³/mol. The molecule has 2 aromatic rings. The van der Waals surface area contributed by atoms with E-state index in [9.17, 15) is 28.9 Å². The number of aromatic nitrogens is 2. The maximum atomic E-state index is 13.3. The van der Waals surface area contributed by atoms with Crippen LogP contribution in [0.25, 0.3) is 11.0 Å². The number of rotatable bonds is 6. The fourth-order valence-corrected chi connectivity index (χ4v) is 2.24. The van der Waals surface area contributed by atoms with Gasteiger partial charge in [-0.05, 0) is 0 Å². The quantitative estimate of drug-likeness (QED) is 0.401. The van der Waals surface area contributed by atoms with Gasteiger partial charge in [-0.1, -0.05) is 0 Å². The maximum Gasteiger partial charge on any atom is 0.217 e. The first-order valence-corrected chi connectivity index (χ1v) is 7.01. The van der Waals surface area contributed by atoms with Gasteiger partial charge in [0.25, 0.3) is 0 Å². The number of H-pyrrole nitrogens is 1. The molecule has 1 heterocycles. The van der Waals surface area contributed by atoms with Crippen molar-refractivity contribution in [3.05, 3.63) is 29.6 Å². The lowest BCUT2D eigenvalue weighted by atomic mass is 10.0. The van der Waals surface area contributed by atoms with Crippen molar-refractivity contribution in [2.75, 3.05) is 6.61 Å². The Hall–Kier alpha value is -2.14. The SMILES string of the molecule is CC(=O)N[C@H](c1nc2cc(F)c(F)cc2[nH]1)C(O)C(O)C(O)CO. The molecule has 132 valence electrons. The summed E-state index contributed by atoms with van der Waals surface area (Å²) in [5, 5.41) is 40.6. The van der Waals surface area contributed by atoms with E-state index in [1.54, 1.807) is 0 Å². The minimum Gasteiger partial charge on any atom is -0.394 e. The number of hydrogen-bond acceptors (Lipinski definition) is 6. The summed E-state index contributed by atoms with van der Waals surface area (Å²) >= 11 is 0. The van der Waals surface area contributed by atoms with Gasteiger partial charge in [0, 0.05) is 19.1 Å². The molecule has 2 rings (SSSR count). The highest BCUT2D eigenvalue weighted by molar-refractivity contribution is 5.76. The number of aliphatic hydroxyl groups is 4. The lowest BCUT2D eigenvalue weighted by Crippen LogP contribution is -2.47. The zero-order valence-corrected chi connectivity index (χ0v) is 12.6. The van der Waals surface area contributed by atoms with Crippen LogP contribution in [0.1, 0.15) is 18.8 Å². The second kappa shape index (κ2) is 7.18. The minimum absolute atomic E-state index is 0.0450. The number of imidazole rings is 1. The van der Waals surface area contributed by atoms with E-state index in [0.717, 1.165) is 19.1 Å². The molecule has 24 heavy (non-hydrogen) atoms. The lowest BCUT2D eigenvalue weighted by molar-refractivity contribution is -0.123. The van der Waals surface area contributed by atoms with Gasteiger partial charge in [0.15, 0.2) is 11.6 Å². The number of carbonyl (C=O) groups excluding carboxylic acids is 1. The second-order valence-electron chi connectivity index (χ2n) is 5.31. The molecule has 0 aliphatic rings. The third kappa shape index (κ3) is 3.67. The van der Waals surface area contributed by atoms with Crippen LogP contribution in [0.5, 0.6) is 0 Å². The average Bonchev–Trinajstić information content (AvgIpc) is 2.93. The standard InChI is InChI=1S/C14H17F2N3O5/c1-5(21)17-11(13(24)12(23)10(22)4-20)14-18-8-2-6(15)7(16)3-9(8)19-14/h2-3,10-13,20,22-24H,4H2,1H3,(H,17,21)(H,18,19)/t10?,11-,12?,13?/m0/s1. The smallest absolute Gasteiger partial charge is 0.217 e. The molecule has 0 saturated heterocycles. The number of fused-ring (bicyclic) bond motifs is 1. The number of hydrogen-bond donors (Lipinski definition) is 6. The van der Waals surface area contributed by atoms with E-state index in [1.165, 1.54) is 0 Å². The van der Waals surface area contributed by atoms with Crippen molar-refractivity contribution in [2.24, 2.45) is 0 Å². The summed E-state index contributed by atoms with van der Waals surface area (Å²) in [6.45, 7) is 0.331. The average molecular weight is 345 g/mol. The second-order valence-corrected chi connectivity index (χ2v) is 5.31. The highest BCUT2D eigenvalue weighted by Crippen LogP contribution is 2.23. The van der Waals surface area contributed by atoms with E-state index >= 15 is 0 Å². The molecule has 0 aliphatic carbocycles.